The quantitative estimate of drug-likeness (QED) is 0.825. The van der Waals surface area contributed by atoms with Crippen molar-refractivity contribution in [3.05, 3.63) is 11.4 Å². The maximum absolute atomic E-state index is 12.5. The molecule has 0 spiro atoms. The minimum Gasteiger partial charge on any atom is -0.453 e. The van der Waals surface area contributed by atoms with Crippen LogP contribution in [0, 0.1) is 13.8 Å². The van der Waals surface area contributed by atoms with Gasteiger partial charge in [0.25, 0.3) is 5.91 Å². The molecule has 0 saturated carbocycles. The highest BCUT2D eigenvalue weighted by Crippen LogP contribution is 2.28. The summed E-state index contributed by atoms with van der Waals surface area (Å²) in [6.07, 6.45) is 1.93. The molecule has 0 aliphatic carbocycles. The molecule has 1 aromatic heterocycles. The van der Waals surface area contributed by atoms with E-state index in [0.717, 1.165) is 39.1 Å². The number of likely N-dealkylation sites (tertiary alicyclic amines) is 1. The highest BCUT2D eigenvalue weighted by atomic mass is 16.5. The molecular weight excluding hydrogens is 334 g/mol. The number of aryl methyl sites for hydroxylation is 2. The molecule has 2 fully saturated rings. The van der Waals surface area contributed by atoms with Crippen molar-refractivity contribution >= 4 is 11.6 Å². The van der Waals surface area contributed by atoms with E-state index < -0.39 is 0 Å². The lowest BCUT2D eigenvalue weighted by Crippen LogP contribution is -2.63. The van der Waals surface area contributed by atoms with Gasteiger partial charge in [0.15, 0.2) is 6.61 Å². The molecule has 3 heterocycles. The third kappa shape index (κ3) is 3.76. The van der Waals surface area contributed by atoms with E-state index in [1.165, 1.54) is 0 Å². The van der Waals surface area contributed by atoms with Crippen LogP contribution in [0.2, 0.25) is 0 Å². The Bertz CT molecular complexity index is 646. The molecule has 0 unspecified atom stereocenters. The van der Waals surface area contributed by atoms with Gasteiger partial charge in [-0.15, -0.1) is 0 Å². The van der Waals surface area contributed by atoms with Crippen LogP contribution in [0.5, 0.6) is 6.01 Å². The monoisotopic (exact) mass is 363 g/mol. The lowest BCUT2D eigenvalue weighted by Gasteiger charge is -2.50. The Kier molecular flexibility index (Phi) is 5.34. The van der Waals surface area contributed by atoms with Crippen LogP contribution >= 0.6 is 0 Å². The Hall–Kier alpha value is -1.93. The highest BCUT2D eigenvalue weighted by Gasteiger charge is 2.41. The van der Waals surface area contributed by atoms with E-state index in [1.807, 2.05) is 7.05 Å². The normalized spacial score (nSPS) is 20.5. The molecule has 3 rings (SSSR count). The fourth-order valence-corrected chi connectivity index (χ4v) is 3.56. The van der Waals surface area contributed by atoms with Gasteiger partial charge in [-0.05, 0) is 33.6 Å². The van der Waals surface area contributed by atoms with Crippen LogP contribution in [0.15, 0.2) is 0 Å². The first-order valence-corrected chi connectivity index (χ1v) is 9.12. The zero-order valence-electron chi connectivity index (χ0n) is 16.1. The van der Waals surface area contributed by atoms with Crippen LogP contribution in [-0.4, -0.2) is 77.2 Å². The van der Waals surface area contributed by atoms with Gasteiger partial charge in [-0.1, -0.05) is 0 Å². The molecule has 0 bridgehead atoms. The number of nitrogens with two attached hydrogens (primary N) is 1. The number of ether oxygens (including phenoxy) is 2. The molecule has 26 heavy (non-hydrogen) atoms. The van der Waals surface area contributed by atoms with E-state index >= 15 is 0 Å². The summed E-state index contributed by atoms with van der Waals surface area (Å²) >= 11 is 0. The van der Waals surface area contributed by atoms with E-state index in [2.05, 4.69) is 21.8 Å². The number of hydrogen-bond donors (Lipinski definition) is 1. The van der Waals surface area contributed by atoms with E-state index in [4.69, 9.17) is 15.2 Å². The summed E-state index contributed by atoms with van der Waals surface area (Å²) in [4.78, 5) is 25.1. The second kappa shape index (κ2) is 7.36. The van der Waals surface area contributed by atoms with Gasteiger partial charge in [0.05, 0.1) is 35.8 Å². The lowest BCUT2D eigenvalue weighted by molar-refractivity contribution is -0.145. The molecule has 0 atom stereocenters. The number of piperidine rings is 1. The van der Waals surface area contributed by atoms with E-state index in [9.17, 15) is 4.79 Å². The first kappa shape index (κ1) is 18.8. The van der Waals surface area contributed by atoms with Crippen LogP contribution in [0.4, 0.5) is 5.69 Å². The van der Waals surface area contributed by atoms with Crippen LogP contribution < -0.4 is 10.5 Å². The Morgan fingerprint density at radius 2 is 1.88 bits per heavy atom. The molecule has 0 aromatic carbocycles. The molecule has 2 saturated heterocycles. The molecule has 1 amide bonds. The summed E-state index contributed by atoms with van der Waals surface area (Å²) in [5.41, 5.74) is 7.90. The number of anilines is 1. The van der Waals surface area contributed by atoms with Crippen molar-refractivity contribution in [2.45, 2.75) is 45.2 Å². The van der Waals surface area contributed by atoms with E-state index in [1.54, 1.807) is 18.7 Å². The van der Waals surface area contributed by atoms with E-state index in [-0.39, 0.29) is 30.1 Å². The highest BCUT2D eigenvalue weighted by molar-refractivity contribution is 5.77. The molecule has 2 aliphatic heterocycles. The SMILES string of the molecule is Cc1nc(OCC(=O)N(C)C2CCN(C3(C)COC3)CC2)nc(C)c1N. The number of hydrogen-bond acceptors (Lipinski definition) is 7. The Labute approximate surface area is 154 Å². The number of carbonyl (C=O) groups is 1. The summed E-state index contributed by atoms with van der Waals surface area (Å²) < 4.78 is 10.9. The lowest BCUT2D eigenvalue weighted by atomic mass is 9.93. The van der Waals surface area contributed by atoms with Gasteiger partial charge < -0.3 is 20.1 Å². The van der Waals surface area contributed by atoms with Crippen molar-refractivity contribution in [2.75, 3.05) is 45.7 Å². The zero-order valence-corrected chi connectivity index (χ0v) is 16.1. The summed E-state index contributed by atoms with van der Waals surface area (Å²) in [5.74, 6) is -0.0580. The third-order valence-corrected chi connectivity index (χ3v) is 5.63. The van der Waals surface area contributed by atoms with Gasteiger partial charge in [0.2, 0.25) is 0 Å². The first-order chi connectivity index (χ1) is 12.3. The van der Waals surface area contributed by atoms with Crippen LogP contribution in [0.25, 0.3) is 0 Å². The van der Waals surface area contributed by atoms with Gasteiger partial charge in [0, 0.05) is 26.2 Å². The summed E-state index contributed by atoms with van der Waals surface area (Å²) in [7, 11) is 1.85. The minimum absolute atomic E-state index is 0.0580. The van der Waals surface area contributed by atoms with Crippen molar-refractivity contribution in [2.24, 2.45) is 0 Å². The zero-order chi connectivity index (χ0) is 18.9. The van der Waals surface area contributed by atoms with Crippen molar-refractivity contribution in [1.29, 1.82) is 0 Å². The molecule has 0 radical (unpaired) electrons. The molecule has 144 valence electrons. The predicted octanol–water partition coefficient (Wildman–Crippen LogP) is 0.766. The van der Waals surface area contributed by atoms with Crippen molar-refractivity contribution < 1.29 is 14.3 Å². The number of aromatic nitrogens is 2. The Balaban J connectivity index is 1.49. The largest absolute Gasteiger partial charge is 0.453 e. The smallest absolute Gasteiger partial charge is 0.317 e. The second-order valence-electron chi connectivity index (χ2n) is 7.59. The maximum Gasteiger partial charge on any atom is 0.317 e. The molecule has 2 aliphatic rings. The van der Waals surface area contributed by atoms with E-state index in [0.29, 0.717) is 17.1 Å². The van der Waals surface area contributed by atoms with Crippen molar-refractivity contribution in [3.8, 4) is 6.01 Å². The number of nitrogen functional groups attached to an aromatic ring is 1. The fourth-order valence-electron chi connectivity index (χ4n) is 3.56. The third-order valence-electron chi connectivity index (χ3n) is 5.63. The standard InChI is InChI=1S/C18H29N5O3/c1-12-16(19)13(2)21-17(20-12)26-9-15(24)22(4)14-5-7-23(8-6-14)18(3)10-25-11-18/h14H,5-11,19H2,1-4H3. The number of rotatable bonds is 5. The Morgan fingerprint density at radius 1 is 1.31 bits per heavy atom. The van der Waals surface area contributed by atoms with Gasteiger partial charge >= 0.3 is 6.01 Å². The number of nitrogens with zero attached hydrogens (tertiary/aromatic N) is 4. The Morgan fingerprint density at radius 3 is 2.38 bits per heavy atom. The topological polar surface area (TPSA) is 93.8 Å². The predicted molar refractivity (Wildman–Crippen MR) is 98.0 cm³/mol. The molecular formula is C18H29N5O3. The average Bonchev–Trinajstić information content (AvgIpc) is 2.61. The number of carbonyl (C=O) groups excluding carboxylic acids is 1. The van der Waals surface area contributed by atoms with Crippen molar-refractivity contribution in [1.82, 2.24) is 19.8 Å². The van der Waals surface area contributed by atoms with Crippen molar-refractivity contribution in [3.63, 3.8) is 0 Å². The number of likely N-dealkylation sites (N-methyl/N-ethyl adjacent to an activating group) is 1. The first-order valence-electron chi connectivity index (χ1n) is 9.12. The summed E-state index contributed by atoms with van der Waals surface area (Å²) in [6.45, 7) is 9.37. The van der Waals surface area contributed by atoms with Gasteiger partial charge in [-0.25, -0.2) is 0 Å². The average molecular weight is 363 g/mol. The van der Waals surface area contributed by atoms with Crippen LogP contribution in [0.1, 0.15) is 31.2 Å². The summed E-state index contributed by atoms with van der Waals surface area (Å²) in [6, 6.07) is 0.437. The summed E-state index contributed by atoms with van der Waals surface area (Å²) in [5, 5.41) is 0. The fraction of sp³-hybridized carbons (Fsp3) is 0.722. The van der Waals surface area contributed by atoms with Crippen LogP contribution in [-0.2, 0) is 9.53 Å². The second-order valence-corrected chi connectivity index (χ2v) is 7.59. The van der Waals surface area contributed by atoms with Gasteiger partial charge in [0.1, 0.15) is 0 Å². The minimum atomic E-state index is -0.0644. The van der Waals surface area contributed by atoms with Crippen LogP contribution in [0.3, 0.4) is 0 Å². The molecule has 1 aromatic rings. The van der Waals surface area contributed by atoms with Gasteiger partial charge in [-0.2, -0.15) is 9.97 Å². The molecule has 8 nitrogen and oxygen atoms in total. The molecule has 8 heteroatoms. The number of amides is 1. The molecule has 2 N–H and O–H groups in total. The maximum atomic E-state index is 12.5. The van der Waals surface area contributed by atoms with Gasteiger partial charge in [-0.3, -0.25) is 9.69 Å².